The number of hydrogen-bond acceptors (Lipinski definition) is 4. The van der Waals surface area contributed by atoms with Crippen molar-refractivity contribution < 1.29 is 19.1 Å². The van der Waals surface area contributed by atoms with Crippen LogP contribution >= 0.6 is 11.6 Å². The van der Waals surface area contributed by atoms with Crippen molar-refractivity contribution in [3.05, 3.63) is 64.7 Å². The van der Waals surface area contributed by atoms with Crippen molar-refractivity contribution in [1.29, 1.82) is 0 Å². The maximum absolute atomic E-state index is 12.2. The van der Waals surface area contributed by atoms with Gasteiger partial charge in [-0.15, -0.1) is 0 Å². The van der Waals surface area contributed by atoms with Crippen molar-refractivity contribution in [1.82, 2.24) is 10.9 Å². The Labute approximate surface area is 162 Å². The van der Waals surface area contributed by atoms with Crippen molar-refractivity contribution in [2.24, 2.45) is 0 Å². The number of anilines is 1. The van der Waals surface area contributed by atoms with Crippen molar-refractivity contribution in [2.45, 2.75) is 26.4 Å². The monoisotopic (exact) mass is 389 g/mol. The number of hydrogen-bond donors (Lipinski definition) is 3. The SMILES string of the molecule is CC(C)(C)OC(=O)Nc1cccc(C(=O)NNC(=O)c2ccc(Cl)cc2)c1. The Hall–Kier alpha value is -3.06. The van der Waals surface area contributed by atoms with Crippen molar-refractivity contribution in [2.75, 3.05) is 5.32 Å². The van der Waals surface area contributed by atoms with E-state index in [-0.39, 0.29) is 5.56 Å². The highest BCUT2D eigenvalue weighted by molar-refractivity contribution is 6.30. The van der Waals surface area contributed by atoms with E-state index >= 15 is 0 Å². The molecule has 2 rings (SSSR count). The Bertz CT molecular complexity index is 845. The Morgan fingerprint density at radius 3 is 2.07 bits per heavy atom. The van der Waals surface area contributed by atoms with Crippen LogP contribution < -0.4 is 16.2 Å². The van der Waals surface area contributed by atoms with Gasteiger partial charge in [-0.2, -0.15) is 0 Å². The van der Waals surface area contributed by atoms with Gasteiger partial charge in [0, 0.05) is 21.8 Å². The maximum atomic E-state index is 12.2. The minimum Gasteiger partial charge on any atom is -0.444 e. The van der Waals surface area contributed by atoms with Crippen LogP contribution in [0.25, 0.3) is 0 Å². The first kappa shape index (κ1) is 20.3. The molecule has 0 aliphatic carbocycles. The summed E-state index contributed by atoms with van der Waals surface area (Å²) >= 11 is 5.77. The molecule has 0 atom stereocenters. The lowest BCUT2D eigenvalue weighted by molar-refractivity contribution is 0.0635. The first-order chi connectivity index (χ1) is 12.6. The van der Waals surface area contributed by atoms with Gasteiger partial charge in [0.25, 0.3) is 11.8 Å². The smallest absolute Gasteiger partial charge is 0.412 e. The zero-order valence-corrected chi connectivity index (χ0v) is 15.9. The summed E-state index contributed by atoms with van der Waals surface area (Å²) in [6.07, 6.45) is -0.629. The highest BCUT2D eigenvalue weighted by atomic mass is 35.5. The second-order valence-corrected chi connectivity index (χ2v) is 7.06. The predicted octanol–water partition coefficient (Wildman–Crippen LogP) is 3.76. The molecular formula is C19H20ClN3O4. The minimum atomic E-state index is -0.634. The van der Waals surface area contributed by atoms with Gasteiger partial charge in [0.15, 0.2) is 0 Å². The Balaban J connectivity index is 1.95. The first-order valence-electron chi connectivity index (χ1n) is 8.10. The van der Waals surface area contributed by atoms with Crippen LogP contribution in [0.15, 0.2) is 48.5 Å². The van der Waals surface area contributed by atoms with Gasteiger partial charge < -0.3 is 4.74 Å². The fraction of sp³-hybridized carbons (Fsp3) is 0.211. The van der Waals surface area contributed by atoms with Gasteiger partial charge in [-0.25, -0.2) is 4.79 Å². The molecule has 142 valence electrons. The molecule has 0 spiro atoms. The molecule has 2 aromatic carbocycles. The standard InChI is InChI=1S/C19H20ClN3O4/c1-19(2,3)27-18(26)21-15-6-4-5-13(11-15)17(25)23-22-16(24)12-7-9-14(20)10-8-12/h4-11H,1-3H3,(H,21,26)(H,22,24)(H,23,25). The zero-order chi connectivity index (χ0) is 20.0. The number of carbonyl (C=O) groups is 3. The Kier molecular flexibility index (Phi) is 6.41. The molecule has 0 radical (unpaired) electrons. The van der Waals surface area contributed by atoms with Crippen LogP contribution in [0.2, 0.25) is 5.02 Å². The third-order valence-corrected chi connectivity index (χ3v) is 3.42. The lowest BCUT2D eigenvalue weighted by atomic mass is 10.2. The lowest BCUT2D eigenvalue weighted by Gasteiger charge is -2.19. The summed E-state index contributed by atoms with van der Waals surface area (Å²) in [5, 5.41) is 3.05. The molecule has 0 fully saturated rings. The molecule has 0 saturated heterocycles. The van der Waals surface area contributed by atoms with E-state index in [1.807, 2.05) is 0 Å². The van der Waals surface area contributed by atoms with Gasteiger partial charge in [0.05, 0.1) is 0 Å². The summed E-state index contributed by atoms with van der Waals surface area (Å²) in [6.45, 7) is 5.25. The topological polar surface area (TPSA) is 96.5 Å². The van der Waals surface area contributed by atoms with E-state index in [0.29, 0.717) is 16.3 Å². The summed E-state index contributed by atoms with van der Waals surface area (Å²) in [4.78, 5) is 36.0. The molecule has 3 N–H and O–H groups in total. The largest absolute Gasteiger partial charge is 0.444 e. The summed E-state index contributed by atoms with van der Waals surface area (Å²) in [5.41, 5.74) is 4.98. The highest BCUT2D eigenvalue weighted by Crippen LogP contribution is 2.14. The van der Waals surface area contributed by atoms with Crippen molar-refractivity contribution >= 4 is 35.2 Å². The second-order valence-electron chi connectivity index (χ2n) is 6.62. The number of nitrogens with one attached hydrogen (secondary N) is 3. The quantitative estimate of drug-likeness (QED) is 0.696. The fourth-order valence-electron chi connectivity index (χ4n) is 2.02. The van der Waals surface area contributed by atoms with Gasteiger partial charge in [-0.1, -0.05) is 17.7 Å². The number of rotatable bonds is 3. The van der Waals surface area contributed by atoms with E-state index in [1.54, 1.807) is 51.1 Å². The maximum Gasteiger partial charge on any atom is 0.412 e. The molecule has 0 bridgehead atoms. The van der Waals surface area contributed by atoms with Crippen LogP contribution in [0.4, 0.5) is 10.5 Å². The minimum absolute atomic E-state index is 0.250. The molecule has 0 heterocycles. The molecule has 8 heteroatoms. The molecule has 0 unspecified atom stereocenters. The molecule has 0 aliphatic rings. The third kappa shape index (κ3) is 6.63. The van der Waals surface area contributed by atoms with Crippen LogP contribution in [0.5, 0.6) is 0 Å². The molecule has 27 heavy (non-hydrogen) atoms. The zero-order valence-electron chi connectivity index (χ0n) is 15.1. The van der Waals surface area contributed by atoms with Crippen LogP contribution in [0.3, 0.4) is 0 Å². The first-order valence-corrected chi connectivity index (χ1v) is 8.48. The van der Waals surface area contributed by atoms with Gasteiger partial charge in [0.1, 0.15) is 5.60 Å². The number of benzene rings is 2. The van der Waals surface area contributed by atoms with Crippen LogP contribution in [0.1, 0.15) is 41.5 Å². The van der Waals surface area contributed by atoms with Crippen LogP contribution in [-0.4, -0.2) is 23.5 Å². The van der Waals surface area contributed by atoms with E-state index in [1.165, 1.54) is 18.2 Å². The van der Waals surface area contributed by atoms with Crippen LogP contribution in [-0.2, 0) is 4.74 Å². The average Bonchev–Trinajstić information content (AvgIpc) is 2.58. The molecule has 0 aromatic heterocycles. The van der Waals surface area contributed by atoms with Crippen molar-refractivity contribution in [3.63, 3.8) is 0 Å². The molecule has 2 aromatic rings. The van der Waals surface area contributed by atoms with E-state index in [0.717, 1.165) is 0 Å². The van der Waals surface area contributed by atoms with E-state index in [9.17, 15) is 14.4 Å². The molecule has 7 nitrogen and oxygen atoms in total. The van der Waals surface area contributed by atoms with Crippen molar-refractivity contribution in [3.8, 4) is 0 Å². The second kappa shape index (κ2) is 8.55. The Morgan fingerprint density at radius 2 is 1.48 bits per heavy atom. The third-order valence-electron chi connectivity index (χ3n) is 3.17. The number of ether oxygens (including phenoxy) is 1. The molecule has 0 saturated carbocycles. The van der Waals surface area contributed by atoms with Gasteiger partial charge >= 0.3 is 6.09 Å². The summed E-state index contributed by atoms with van der Waals surface area (Å²) in [6, 6.07) is 12.5. The molecule has 0 aliphatic heterocycles. The molecule has 3 amide bonds. The fourth-order valence-corrected chi connectivity index (χ4v) is 2.14. The van der Waals surface area contributed by atoms with Gasteiger partial charge in [0.2, 0.25) is 0 Å². The van der Waals surface area contributed by atoms with E-state index in [2.05, 4.69) is 16.2 Å². The number of carbonyl (C=O) groups excluding carboxylic acids is 3. The van der Waals surface area contributed by atoms with E-state index < -0.39 is 23.5 Å². The van der Waals surface area contributed by atoms with E-state index in [4.69, 9.17) is 16.3 Å². The summed E-state index contributed by atoms with van der Waals surface area (Å²) in [7, 11) is 0. The predicted molar refractivity (Wildman–Crippen MR) is 103 cm³/mol. The highest BCUT2D eigenvalue weighted by Gasteiger charge is 2.16. The number of amides is 3. The molecular weight excluding hydrogens is 370 g/mol. The average molecular weight is 390 g/mol. The van der Waals surface area contributed by atoms with Crippen LogP contribution in [0, 0.1) is 0 Å². The summed E-state index contributed by atoms with van der Waals surface area (Å²) in [5.74, 6) is -1.02. The number of hydrazine groups is 1. The normalized spacial score (nSPS) is 10.7. The number of halogens is 1. The van der Waals surface area contributed by atoms with Gasteiger partial charge in [-0.3, -0.25) is 25.8 Å². The summed E-state index contributed by atoms with van der Waals surface area (Å²) < 4.78 is 5.16. The Morgan fingerprint density at radius 1 is 0.889 bits per heavy atom. The van der Waals surface area contributed by atoms with Gasteiger partial charge in [-0.05, 0) is 63.2 Å². The lowest BCUT2D eigenvalue weighted by Crippen LogP contribution is -2.41.